The van der Waals surface area contributed by atoms with Crippen molar-refractivity contribution in [2.75, 3.05) is 31.1 Å². The summed E-state index contributed by atoms with van der Waals surface area (Å²) in [5.74, 6) is 1.05. The maximum Gasteiger partial charge on any atom is 0.131 e. The van der Waals surface area contributed by atoms with E-state index >= 15 is 0 Å². The molecule has 0 amide bonds. The van der Waals surface area contributed by atoms with Gasteiger partial charge >= 0.3 is 0 Å². The third-order valence-corrected chi connectivity index (χ3v) is 4.64. The van der Waals surface area contributed by atoms with Gasteiger partial charge in [-0.05, 0) is 25.0 Å². The highest BCUT2D eigenvalue weighted by Gasteiger charge is 2.28. The van der Waals surface area contributed by atoms with Gasteiger partial charge in [-0.1, -0.05) is 12.5 Å². The molecule has 2 fully saturated rings. The van der Waals surface area contributed by atoms with Crippen molar-refractivity contribution in [3.05, 3.63) is 24.4 Å². The van der Waals surface area contributed by atoms with Crippen molar-refractivity contribution in [1.82, 2.24) is 25.3 Å². The molecule has 110 valence electrons. The molecule has 0 aromatic carbocycles. The van der Waals surface area contributed by atoms with Crippen molar-refractivity contribution in [2.24, 2.45) is 0 Å². The third kappa shape index (κ3) is 2.51. The molecule has 0 atom stereocenters. The summed E-state index contributed by atoms with van der Waals surface area (Å²) in [6.07, 6.45) is 5.90. The smallest absolute Gasteiger partial charge is 0.131 e. The van der Waals surface area contributed by atoms with Crippen molar-refractivity contribution in [2.45, 2.75) is 25.3 Å². The van der Waals surface area contributed by atoms with Crippen LogP contribution in [0.3, 0.4) is 0 Å². The summed E-state index contributed by atoms with van der Waals surface area (Å²) in [7, 11) is 0. The molecule has 0 unspecified atom stereocenters. The van der Waals surface area contributed by atoms with E-state index in [0.29, 0.717) is 0 Å². The fourth-order valence-electron chi connectivity index (χ4n) is 3.14. The number of anilines is 1. The molecular weight excluding hydrogens is 264 g/mol. The minimum Gasteiger partial charge on any atom is -0.354 e. The van der Waals surface area contributed by atoms with E-state index in [1.165, 1.54) is 19.3 Å². The number of rotatable bonds is 3. The largest absolute Gasteiger partial charge is 0.354 e. The van der Waals surface area contributed by atoms with Crippen LogP contribution in [0.4, 0.5) is 5.82 Å². The molecule has 1 aliphatic carbocycles. The van der Waals surface area contributed by atoms with Gasteiger partial charge in [-0.25, -0.2) is 4.98 Å². The average Bonchev–Trinajstić information content (AvgIpc) is 3.01. The molecule has 2 aromatic rings. The van der Waals surface area contributed by atoms with E-state index in [1.54, 1.807) is 6.20 Å². The number of hydrogen-bond acceptors (Lipinski definition) is 5. The lowest BCUT2D eigenvalue weighted by Gasteiger charge is -2.43. The normalized spacial score (nSPS) is 20.5. The van der Waals surface area contributed by atoms with E-state index in [0.717, 1.165) is 49.4 Å². The standard InChI is InChI=1S/C15H20N6/c1-3-12(4-1)20-7-9-21(10-8-20)15-6-2-5-13(17-15)14-11-16-19-18-14/h2,5-6,11-12H,1,3-4,7-10H2,(H,16,18,19). The third-order valence-electron chi connectivity index (χ3n) is 4.64. The van der Waals surface area contributed by atoms with Crippen LogP contribution in [0.1, 0.15) is 19.3 Å². The number of nitrogens with zero attached hydrogens (tertiary/aromatic N) is 5. The van der Waals surface area contributed by atoms with E-state index in [4.69, 9.17) is 4.98 Å². The Balaban J connectivity index is 1.46. The van der Waals surface area contributed by atoms with Gasteiger partial charge in [0.25, 0.3) is 0 Å². The number of aromatic nitrogens is 4. The zero-order valence-corrected chi connectivity index (χ0v) is 12.1. The van der Waals surface area contributed by atoms with Crippen molar-refractivity contribution < 1.29 is 0 Å². The summed E-state index contributed by atoms with van der Waals surface area (Å²) < 4.78 is 0. The lowest BCUT2D eigenvalue weighted by Crippen LogP contribution is -2.52. The Morgan fingerprint density at radius 1 is 1.05 bits per heavy atom. The van der Waals surface area contributed by atoms with E-state index in [-0.39, 0.29) is 0 Å². The van der Waals surface area contributed by atoms with Crippen molar-refractivity contribution in [3.8, 4) is 11.4 Å². The molecule has 2 aliphatic rings. The van der Waals surface area contributed by atoms with Gasteiger partial charge in [0.15, 0.2) is 0 Å². The second-order valence-corrected chi connectivity index (χ2v) is 5.84. The van der Waals surface area contributed by atoms with Crippen LogP contribution in [0.5, 0.6) is 0 Å². The minimum atomic E-state index is 0.796. The number of pyridine rings is 1. The number of nitrogens with one attached hydrogen (secondary N) is 1. The molecule has 1 N–H and O–H groups in total. The van der Waals surface area contributed by atoms with Crippen LogP contribution < -0.4 is 4.90 Å². The molecule has 1 saturated carbocycles. The Hall–Kier alpha value is -1.95. The first-order valence-electron chi connectivity index (χ1n) is 7.72. The highest BCUT2D eigenvalue weighted by Crippen LogP contribution is 2.26. The predicted molar refractivity (Wildman–Crippen MR) is 81.0 cm³/mol. The van der Waals surface area contributed by atoms with Gasteiger partial charge in [0, 0.05) is 32.2 Å². The molecule has 0 bridgehead atoms. The topological polar surface area (TPSA) is 60.9 Å². The maximum absolute atomic E-state index is 4.73. The van der Waals surface area contributed by atoms with E-state index in [9.17, 15) is 0 Å². The second kappa shape index (κ2) is 5.44. The minimum absolute atomic E-state index is 0.796. The zero-order valence-electron chi connectivity index (χ0n) is 12.1. The first kappa shape index (κ1) is 12.8. The van der Waals surface area contributed by atoms with Crippen LogP contribution in [0.25, 0.3) is 11.4 Å². The molecule has 0 spiro atoms. The maximum atomic E-state index is 4.73. The number of aromatic amines is 1. The number of hydrogen-bond donors (Lipinski definition) is 1. The van der Waals surface area contributed by atoms with Crippen molar-refractivity contribution in [1.29, 1.82) is 0 Å². The van der Waals surface area contributed by atoms with Crippen LogP contribution in [0.15, 0.2) is 24.4 Å². The van der Waals surface area contributed by atoms with Gasteiger partial charge in [0.2, 0.25) is 0 Å². The fourth-order valence-corrected chi connectivity index (χ4v) is 3.14. The van der Waals surface area contributed by atoms with Gasteiger partial charge < -0.3 is 4.90 Å². The summed E-state index contributed by atoms with van der Waals surface area (Å²) in [5.41, 5.74) is 1.67. The van der Waals surface area contributed by atoms with Crippen molar-refractivity contribution in [3.63, 3.8) is 0 Å². The van der Waals surface area contributed by atoms with Crippen LogP contribution in [-0.4, -0.2) is 57.5 Å². The van der Waals surface area contributed by atoms with E-state index in [1.807, 2.05) is 12.1 Å². The van der Waals surface area contributed by atoms with Crippen molar-refractivity contribution >= 4 is 5.82 Å². The summed E-state index contributed by atoms with van der Waals surface area (Å²) in [6.45, 7) is 4.43. The Bertz CT molecular complexity index is 584. The van der Waals surface area contributed by atoms with Gasteiger partial charge in [-0.2, -0.15) is 15.4 Å². The molecule has 21 heavy (non-hydrogen) atoms. The van der Waals surface area contributed by atoms with Gasteiger partial charge in [-0.3, -0.25) is 4.90 Å². The van der Waals surface area contributed by atoms with Gasteiger partial charge in [0.05, 0.1) is 11.9 Å². The zero-order chi connectivity index (χ0) is 14.1. The molecule has 1 aliphatic heterocycles. The molecule has 2 aromatic heterocycles. The first-order valence-corrected chi connectivity index (χ1v) is 7.72. The predicted octanol–water partition coefficient (Wildman–Crippen LogP) is 1.54. The molecule has 0 radical (unpaired) electrons. The fraction of sp³-hybridized carbons (Fsp3) is 0.533. The lowest BCUT2D eigenvalue weighted by molar-refractivity contribution is 0.120. The lowest BCUT2D eigenvalue weighted by atomic mass is 9.91. The molecular formula is C15H20N6. The monoisotopic (exact) mass is 284 g/mol. The molecule has 4 rings (SSSR count). The van der Waals surface area contributed by atoms with Crippen LogP contribution in [0, 0.1) is 0 Å². The Labute approximate surface area is 124 Å². The number of piperazine rings is 1. The summed E-state index contributed by atoms with van der Waals surface area (Å²) in [4.78, 5) is 9.74. The van der Waals surface area contributed by atoms with Gasteiger partial charge in [-0.15, -0.1) is 0 Å². The average molecular weight is 284 g/mol. The summed E-state index contributed by atoms with van der Waals surface area (Å²) >= 11 is 0. The van der Waals surface area contributed by atoms with E-state index < -0.39 is 0 Å². The second-order valence-electron chi connectivity index (χ2n) is 5.84. The van der Waals surface area contributed by atoms with E-state index in [2.05, 4.69) is 31.3 Å². The molecule has 6 heteroatoms. The highest BCUT2D eigenvalue weighted by molar-refractivity contribution is 5.56. The SMILES string of the molecule is c1cc(-c2cn[nH]n2)nc(N2CCN(C3CCC3)CC2)c1. The molecule has 1 saturated heterocycles. The Morgan fingerprint density at radius 3 is 2.57 bits per heavy atom. The van der Waals surface area contributed by atoms with Gasteiger partial charge in [0.1, 0.15) is 11.5 Å². The van der Waals surface area contributed by atoms with Crippen LogP contribution in [-0.2, 0) is 0 Å². The van der Waals surface area contributed by atoms with Crippen LogP contribution >= 0.6 is 0 Å². The van der Waals surface area contributed by atoms with Crippen LogP contribution in [0.2, 0.25) is 0 Å². The Morgan fingerprint density at radius 2 is 1.90 bits per heavy atom. The Kier molecular flexibility index (Phi) is 3.31. The summed E-state index contributed by atoms with van der Waals surface area (Å²) in [5, 5.41) is 10.6. The quantitative estimate of drug-likeness (QED) is 0.926. The summed E-state index contributed by atoms with van der Waals surface area (Å²) in [6, 6.07) is 6.96. The highest BCUT2D eigenvalue weighted by atomic mass is 15.3. The first-order chi connectivity index (χ1) is 10.4. The molecule has 6 nitrogen and oxygen atoms in total. The molecule has 3 heterocycles. The number of H-pyrrole nitrogens is 1.